The van der Waals surface area contributed by atoms with E-state index in [4.69, 9.17) is 0 Å². The Hall–Kier alpha value is -3.15. The SMILES string of the molecule is Cn1c(NCc2ccccc2)ncc(-c2ccc(O)c(F)c2)c1=O. The van der Waals surface area contributed by atoms with Gasteiger partial charge in [-0.3, -0.25) is 9.36 Å². The van der Waals surface area contributed by atoms with Gasteiger partial charge in [0, 0.05) is 19.8 Å². The van der Waals surface area contributed by atoms with Gasteiger partial charge in [-0.05, 0) is 23.3 Å². The monoisotopic (exact) mass is 325 g/mol. The third-order valence-electron chi connectivity index (χ3n) is 3.72. The van der Waals surface area contributed by atoms with Crippen molar-refractivity contribution < 1.29 is 9.50 Å². The largest absolute Gasteiger partial charge is 0.505 e. The highest BCUT2D eigenvalue weighted by molar-refractivity contribution is 5.63. The number of aromatic hydroxyl groups is 1. The molecule has 5 nitrogen and oxygen atoms in total. The van der Waals surface area contributed by atoms with Gasteiger partial charge in [-0.15, -0.1) is 0 Å². The highest BCUT2D eigenvalue weighted by Crippen LogP contribution is 2.22. The van der Waals surface area contributed by atoms with Crippen molar-refractivity contribution in [2.75, 3.05) is 5.32 Å². The number of halogens is 1. The van der Waals surface area contributed by atoms with Crippen LogP contribution in [0.25, 0.3) is 11.1 Å². The standard InChI is InChI=1S/C18H16FN3O2/c1-22-17(24)14(13-7-8-16(23)15(19)9-13)11-21-18(22)20-10-12-5-3-2-4-6-12/h2-9,11,23H,10H2,1H3,(H,20,21). The van der Waals surface area contributed by atoms with E-state index < -0.39 is 11.6 Å². The summed E-state index contributed by atoms with van der Waals surface area (Å²) in [6.07, 6.45) is 1.40. The molecule has 0 spiro atoms. The summed E-state index contributed by atoms with van der Waals surface area (Å²) in [7, 11) is 1.60. The maximum absolute atomic E-state index is 13.5. The summed E-state index contributed by atoms with van der Waals surface area (Å²) in [5.41, 5.74) is 1.40. The lowest BCUT2D eigenvalue weighted by Crippen LogP contribution is -2.23. The third kappa shape index (κ3) is 3.12. The molecule has 24 heavy (non-hydrogen) atoms. The maximum atomic E-state index is 13.5. The number of anilines is 1. The Morgan fingerprint density at radius 3 is 2.67 bits per heavy atom. The molecular formula is C18H16FN3O2. The van der Waals surface area contributed by atoms with E-state index in [1.165, 1.54) is 22.9 Å². The fourth-order valence-corrected chi connectivity index (χ4v) is 2.36. The first kappa shape index (κ1) is 15.7. The highest BCUT2D eigenvalue weighted by Gasteiger charge is 2.11. The molecule has 0 unspecified atom stereocenters. The van der Waals surface area contributed by atoms with E-state index in [1.807, 2.05) is 30.3 Å². The van der Waals surface area contributed by atoms with Crippen molar-refractivity contribution >= 4 is 5.95 Å². The fourth-order valence-electron chi connectivity index (χ4n) is 2.36. The van der Waals surface area contributed by atoms with E-state index in [2.05, 4.69) is 10.3 Å². The molecule has 2 aromatic carbocycles. The predicted octanol–water partition coefficient (Wildman–Crippen LogP) is 2.90. The second-order valence-corrected chi connectivity index (χ2v) is 5.36. The Labute approximate surface area is 138 Å². The zero-order valence-corrected chi connectivity index (χ0v) is 13.0. The van der Waals surface area contributed by atoms with Crippen molar-refractivity contribution in [2.45, 2.75) is 6.54 Å². The Bertz CT molecular complexity index is 923. The van der Waals surface area contributed by atoms with Crippen LogP contribution in [0.2, 0.25) is 0 Å². The fraction of sp³-hybridized carbons (Fsp3) is 0.111. The van der Waals surface area contributed by atoms with E-state index in [-0.39, 0.29) is 11.1 Å². The first-order chi connectivity index (χ1) is 11.6. The molecule has 6 heteroatoms. The lowest BCUT2D eigenvalue weighted by atomic mass is 10.1. The van der Waals surface area contributed by atoms with Gasteiger partial charge in [0.2, 0.25) is 5.95 Å². The number of nitrogens with zero attached hydrogens (tertiary/aromatic N) is 2. The second kappa shape index (κ2) is 6.54. The minimum absolute atomic E-state index is 0.265. The first-order valence-electron chi connectivity index (χ1n) is 7.39. The third-order valence-corrected chi connectivity index (χ3v) is 3.72. The smallest absolute Gasteiger partial charge is 0.262 e. The Kier molecular flexibility index (Phi) is 4.29. The lowest BCUT2D eigenvalue weighted by Gasteiger charge is -2.11. The molecule has 1 heterocycles. The van der Waals surface area contributed by atoms with Crippen LogP contribution in [-0.4, -0.2) is 14.7 Å². The zero-order chi connectivity index (χ0) is 17.1. The second-order valence-electron chi connectivity index (χ2n) is 5.36. The molecule has 0 atom stereocenters. The molecule has 122 valence electrons. The van der Waals surface area contributed by atoms with Crippen molar-refractivity contribution in [1.82, 2.24) is 9.55 Å². The number of benzene rings is 2. The van der Waals surface area contributed by atoms with Gasteiger partial charge in [0.15, 0.2) is 11.6 Å². The van der Waals surface area contributed by atoms with Crippen LogP contribution in [0.1, 0.15) is 5.56 Å². The van der Waals surface area contributed by atoms with Gasteiger partial charge < -0.3 is 10.4 Å². The number of aromatic nitrogens is 2. The van der Waals surface area contributed by atoms with Crippen LogP contribution in [0.5, 0.6) is 5.75 Å². The number of hydrogen-bond acceptors (Lipinski definition) is 4. The van der Waals surface area contributed by atoms with E-state index in [0.29, 0.717) is 18.1 Å². The number of rotatable bonds is 4. The van der Waals surface area contributed by atoms with Gasteiger partial charge in [0.25, 0.3) is 5.56 Å². The summed E-state index contributed by atoms with van der Waals surface area (Å²) in [6.45, 7) is 0.536. The summed E-state index contributed by atoms with van der Waals surface area (Å²) in [4.78, 5) is 16.7. The molecule has 0 radical (unpaired) electrons. The van der Waals surface area contributed by atoms with Crippen molar-refractivity contribution in [1.29, 1.82) is 0 Å². The number of phenols is 1. The van der Waals surface area contributed by atoms with Crippen LogP contribution in [-0.2, 0) is 13.6 Å². The van der Waals surface area contributed by atoms with E-state index in [9.17, 15) is 14.3 Å². The lowest BCUT2D eigenvalue weighted by molar-refractivity contribution is 0.432. The number of nitrogens with one attached hydrogen (secondary N) is 1. The molecule has 0 aliphatic carbocycles. The van der Waals surface area contributed by atoms with Gasteiger partial charge in [-0.25, -0.2) is 9.37 Å². The average molecular weight is 325 g/mol. The molecule has 3 aromatic rings. The summed E-state index contributed by atoms with van der Waals surface area (Å²) < 4.78 is 14.9. The van der Waals surface area contributed by atoms with Crippen molar-refractivity contribution in [3.05, 3.63) is 76.5 Å². The Morgan fingerprint density at radius 1 is 1.21 bits per heavy atom. The van der Waals surface area contributed by atoms with Gasteiger partial charge in [0.05, 0.1) is 5.56 Å². The average Bonchev–Trinajstić information content (AvgIpc) is 2.60. The van der Waals surface area contributed by atoms with Gasteiger partial charge in [-0.2, -0.15) is 0 Å². The predicted molar refractivity (Wildman–Crippen MR) is 90.3 cm³/mol. The molecule has 1 aromatic heterocycles. The molecule has 3 rings (SSSR count). The molecule has 0 fully saturated rings. The molecular weight excluding hydrogens is 309 g/mol. The molecule has 0 aliphatic heterocycles. The van der Waals surface area contributed by atoms with Gasteiger partial charge in [-0.1, -0.05) is 36.4 Å². The van der Waals surface area contributed by atoms with E-state index in [0.717, 1.165) is 11.6 Å². The summed E-state index contributed by atoms with van der Waals surface area (Å²) >= 11 is 0. The molecule has 0 bridgehead atoms. The number of phenolic OH excluding ortho intramolecular Hbond substituents is 1. The van der Waals surface area contributed by atoms with Crippen LogP contribution in [0.3, 0.4) is 0 Å². The number of hydrogen-bond donors (Lipinski definition) is 2. The van der Waals surface area contributed by atoms with Crippen molar-refractivity contribution in [2.24, 2.45) is 7.05 Å². The highest BCUT2D eigenvalue weighted by atomic mass is 19.1. The van der Waals surface area contributed by atoms with Crippen LogP contribution >= 0.6 is 0 Å². The zero-order valence-electron chi connectivity index (χ0n) is 13.0. The molecule has 0 saturated heterocycles. The normalized spacial score (nSPS) is 10.6. The topological polar surface area (TPSA) is 67.2 Å². The Balaban J connectivity index is 1.88. The van der Waals surface area contributed by atoms with Gasteiger partial charge >= 0.3 is 0 Å². The minimum atomic E-state index is -0.777. The van der Waals surface area contributed by atoms with Crippen LogP contribution in [0, 0.1) is 5.82 Å². The first-order valence-corrected chi connectivity index (χ1v) is 7.39. The summed E-state index contributed by atoms with van der Waals surface area (Å²) in [5, 5.41) is 12.4. The van der Waals surface area contributed by atoms with Crippen LogP contribution in [0.4, 0.5) is 10.3 Å². The molecule has 0 aliphatic rings. The quantitative estimate of drug-likeness (QED) is 0.774. The molecule has 0 saturated carbocycles. The molecule has 2 N–H and O–H groups in total. The van der Waals surface area contributed by atoms with Crippen LogP contribution in [0.15, 0.2) is 59.5 Å². The maximum Gasteiger partial charge on any atom is 0.262 e. The van der Waals surface area contributed by atoms with Crippen molar-refractivity contribution in [3.63, 3.8) is 0 Å². The van der Waals surface area contributed by atoms with Crippen molar-refractivity contribution in [3.8, 4) is 16.9 Å². The van der Waals surface area contributed by atoms with E-state index >= 15 is 0 Å². The Morgan fingerprint density at radius 2 is 1.96 bits per heavy atom. The minimum Gasteiger partial charge on any atom is -0.505 e. The van der Waals surface area contributed by atoms with E-state index in [1.54, 1.807) is 7.05 Å². The summed E-state index contributed by atoms with van der Waals surface area (Å²) in [6, 6.07) is 13.6. The summed E-state index contributed by atoms with van der Waals surface area (Å²) in [5.74, 6) is -0.808. The van der Waals surface area contributed by atoms with Gasteiger partial charge in [0.1, 0.15) is 0 Å². The van der Waals surface area contributed by atoms with Crippen LogP contribution < -0.4 is 10.9 Å². The molecule has 0 amide bonds.